The van der Waals surface area contributed by atoms with Crippen molar-refractivity contribution in [1.29, 1.82) is 0 Å². The van der Waals surface area contributed by atoms with Gasteiger partial charge in [-0.15, -0.1) is 0 Å². The summed E-state index contributed by atoms with van der Waals surface area (Å²) >= 11 is 5.66. The van der Waals surface area contributed by atoms with Gasteiger partial charge in [-0.3, -0.25) is 0 Å². The van der Waals surface area contributed by atoms with E-state index in [0.717, 1.165) is 11.1 Å². The van der Waals surface area contributed by atoms with Crippen molar-refractivity contribution in [1.82, 2.24) is 4.98 Å². The molecule has 0 aliphatic heterocycles. The summed E-state index contributed by atoms with van der Waals surface area (Å²) in [5.74, 6) is 4.89. The molecule has 0 saturated carbocycles. The molecular weight excluding hydrogens is 250 g/mol. The Morgan fingerprint density at radius 1 is 1.06 bits per heavy atom. The lowest BCUT2D eigenvalue weighted by atomic mass is 10.1. The molecule has 0 atom stereocenters. The molecule has 0 fully saturated rings. The molecule has 1 heterocycles. The summed E-state index contributed by atoms with van der Waals surface area (Å²) in [6.07, 6.45) is 1.58. The highest BCUT2D eigenvalue weighted by molar-refractivity contribution is 6.29. The number of rotatable bonds is 1. The van der Waals surface area contributed by atoms with Crippen molar-refractivity contribution in [3.05, 3.63) is 64.4 Å². The van der Waals surface area contributed by atoms with Crippen LogP contribution in [0.3, 0.4) is 0 Å². The predicted molar refractivity (Wildman–Crippen MR) is 68.6 cm³/mol. The third kappa shape index (κ3) is 3.09. The number of hydrogen-bond donors (Lipinski definition) is 1. The van der Waals surface area contributed by atoms with Crippen molar-refractivity contribution < 1.29 is 9.90 Å². The number of hydrogen-bond acceptors (Lipinski definition) is 2. The van der Waals surface area contributed by atoms with Gasteiger partial charge in [0.25, 0.3) is 0 Å². The molecule has 1 aromatic carbocycles. The molecule has 0 aliphatic rings. The molecule has 0 aliphatic carbocycles. The van der Waals surface area contributed by atoms with Gasteiger partial charge in [-0.1, -0.05) is 23.4 Å². The predicted octanol–water partition coefficient (Wildman–Crippen LogP) is 2.83. The van der Waals surface area contributed by atoms with Crippen LogP contribution in [0.1, 0.15) is 21.5 Å². The topological polar surface area (TPSA) is 50.2 Å². The highest BCUT2D eigenvalue weighted by atomic mass is 35.5. The third-order valence-electron chi connectivity index (χ3n) is 2.21. The van der Waals surface area contributed by atoms with Crippen LogP contribution in [0.15, 0.2) is 42.6 Å². The Balaban J connectivity index is 2.19. The van der Waals surface area contributed by atoms with Crippen LogP contribution >= 0.6 is 11.6 Å². The number of pyridine rings is 1. The van der Waals surface area contributed by atoms with Crippen molar-refractivity contribution in [2.45, 2.75) is 0 Å². The van der Waals surface area contributed by atoms with Crippen LogP contribution in [0.5, 0.6) is 0 Å². The molecule has 18 heavy (non-hydrogen) atoms. The van der Waals surface area contributed by atoms with Crippen LogP contribution in [-0.2, 0) is 0 Å². The Kier molecular flexibility index (Phi) is 3.61. The van der Waals surface area contributed by atoms with E-state index >= 15 is 0 Å². The second-order valence-electron chi connectivity index (χ2n) is 3.50. The van der Waals surface area contributed by atoms with E-state index in [2.05, 4.69) is 16.8 Å². The maximum absolute atomic E-state index is 10.7. The largest absolute Gasteiger partial charge is 0.478 e. The maximum Gasteiger partial charge on any atom is 0.335 e. The van der Waals surface area contributed by atoms with Crippen LogP contribution in [0.2, 0.25) is 5.15 Å². The molecule has 0 unspecified atom stereocenters. The normalized spacial score (nSPS) is 9.39. The van der Waals surface area contributed by atoms with Gasteiger partial charge in [0, 0.05) is 17.3 Å². The molecule has 0 radical (unpaired) electrons. The summed E-state index contributed by atoms with van der Waals surface area (Å²) in [6.45, 7) is 0. The van der Waals surface area contributed by atoms with Gasteiger partial charge in [0.1, 0.15) is 5.15 Å². The van der Waals surface area contributed by atoms with Crippen molar-refractivity contribution in [3.8, 4) is 11.8 Å². The van der Waals surface area contributed by atoms with Gasteiger partial charge in [-0.05, 0) is 36.4 Å². The van der Waals surface area contributed by atoms with Crippen LogP contribution in [0.25, 0.3) is 0 Å². The molecule has 0 amide bonds. The first-order valence-electron chi connectivity index (χ1n) is 5.12. The molecular formula is C14H8ClNO2. The zero-order valence-electron chi connectivity index (χ0n) is 9.22. The van der Waals surface area contributed by atoms with E-state index in [0.29, 0.717) is 5.15 Å². The van der Waals surface area contributed by atoms with E-state index in [1.165, 1.54) is 12.1 Å². The van der Waals surface area contributed by atoms with Crippen molar-refractivity contribution >= 4 is 17.6 Å². The van der Waals surface area contributed by atoms with Gasteiger partial charge in [-0.2, -0.15) is 0 Å². The van der Waals surface area contributed by atoms with Gasteiger partial charge in [-0.25, -0.2) is 9.78 Å². The first-order valence-corrected chi connectivity index (χ1v) is 5.50. The zero-order chi connectivity index (χ0) is 13.0. The molecule has 0 bridgehead atoms. The van der Waals surface area contributed by atoms with E-state index in [1.807, 2.05) is 0 Å². The molecule has 0 spiro atoms. The molecule has 3 nitrogen and oxygen atoms in total. The number of halogens is 1. The number of carbonyl (C=O) groups is 1. The smallest absolute Gasteiger partial charge is 0.335 e. The molecule has 1 N–H and O–H groups in total. The Bertz CT molecular complexity index is 622. The van der Waals surface area contributed by atoms with Crippen LogP contribution in [0, 0.1) is 11.8 Å². The second kappa shape index (κ2) is 5.35. The summed E-state index contributed by atoms with van der Waals surface area (Å²) in [6, 6.07) is 9.81. The Morgan fingerprint density at radius 2 is 1.67 bits per heavy atom. The fourth-order valence-electron chi connectivity index (χ4n) is 1.29. The SMILES string of the molecule is O=C(O)c1ccc(C#Cc2ccc(Cl)nc2)cc1. The summed E-state index contributed by atoms with van der Waals surface area (Å²) in [5, 5.41) is 9.18. The van der Waals surface area contributed by atoms with Gasteiger partial charge >= 0.3 is 5.97 Å². The van der Waals surface area contributed by atoms with E-state index in [9.17, 15) is 4.79 Å². The van der Waals surface area contributed by atoms with Gasteiger partial charge in [0.05, 0.1) is 5.56 Å². The average Bonchev–Trinajstić information content (AvgIpc) is 2.38. The van der Waals surface area contributed by atoms with Gasteiger partial charge in [0.2, 0.25) is 0 Å². The number of aromatic nitrogens is 1. The first kappa shape index (κ1) is 12.2. The van der Waals surface area contributed by atoms with E-state index in [-0.39, 0.29) is 5.56 Å². The third-order valence-corrected chi connectivity index (χ3v) is 2.43. The van der Waals surface area contributed by atoms with E-state index < -0.39 is 5.97 Å². The fraction of sp³-hybridized carbons (Fsp3) is 0. The zero-order valence-corrected chi connectivity index (χ0v) is 9.98. The van der Waals surface area contributed by atoms with Crippen LogP contribution in [-0.4, -0.2) is 16.1 Å². The summed E-state index contributed by atoms with van der Waals surface area (Å²) in [5.41, 5.74) is 1.74. The number of benzene rings is 1. The standard InChI is InChI=1S/C14H8ClNO2/c15-13-8-5-11(9-16-13)2-1-10-3-6-12(7-4-10)14(17)18/h3-9H,(H,17,18). The summed E-state index contributed by atoms with van der Waals surface area (Å²) < 4.78 is 0. The summed E-state index contributed by atoms with van der Waals surface area (Å²) in [4.78, 5) is 14.6. The molecule has 2 rings (SSSR count). The Labute approximate surface area is 109 Å². The summed E-state index contributed by atoms with van der Waals surface area (Å²) in [7, 11) is 0. The number of carboxylic acids is 1. The van der Waals surface area contributed by atoms with Crippen molar-refractivity contribution in [2.75, 3.05) is 0 Å². The molecule has 1 aromatic heterocycles. The minimum atomic E-state index is -0.948. The number of nitrogens with zero attached hydrogens (tertiary/aromatic N) is 1. The van der Waals surface area contributed by atoms with Crippen molar-refractivity contribution in [3.63, 3.8) is 0 Å². The molecule has 4 heteroatoms. The van der Waals surface area contributed by atoms with Crippen LogP contribution < -0.4 is 0 Å². The minimum Gasteiger partial charge on any atom is -0.478 e. The molecule has 2 aromatic rings. The maximum atomic E-state index is 10.7. The quantitative estimate of drug-likeness (QED) is 0.631. The average molecular weight is 258 g/mol. The first-order chi connectivity index (χ1) is 8.65. The van der Waals surface area contributed by atoms with Crippen LogP contribution in [0.4, 0.5) is 0 Å². The fourth-order valence-corrected chi connectivity index (χ4v) is 1.40. The van der Waals surface area contributed by atoms with E-state index in [1.54, 1.807) is 30.5 Å². The van der Waals surface area contributed by atoms with E-state index in [4.69, 9.17) is 16.7 Å². The Hall–Kier alpha value is -2.31. The van der Waals surface area contributed by atoms with Gasteiger partial charge < -0.3 is 5.11 Å². The highest BCUT2D eigenvalue weighted by Crippen LogP contribution is 2.05. The lowest BCUT2D eigenvalue weighted by molar-refractivity contribution is 0.0697. The number of aromatic carboxylic acids is 1. The monoisotopic (exact) mass is 257 g/mol. The Morgan fingerprint density at radius 3 is 2.22 bits per heavy atom. The second-order valence-corrected chi connectivity index (χ2v) is 3.89. The number of carboxylic acid groups (broad SMARTS) is 1. The minimum absolute atomic E-state index is 0.244. The van der Waals surface area contributed by atoms with Gasteiger partial charge in [0.15, 0.2) is 0 Å². The van der Waals surface area contributed by atoms with Crippen molar-refractivity contribution in [2.24, 2.45) is 0 Å². The lowest BCUT2D eigenvalue weighted by Gasteiger charge is -1.94. The lowest BCUT2D eigenvalue weighted by Crippen LogP contribution is -1.94. The molecule has 88 valence electrons. The highest BCUT2D eigenvalue weighted by Gasteiger charge is 1.99. The molecule has 0 saturated heterocycles.